The molecule has 0 aromatic carbocycles. The number of rotatable bonds is 1. The minimum atomic E-state index is 0. The summed E-state index contributed by atoms with van der Waals surface area (Å²) >= 11 is 0. The summed E-state index contributed by atoms with van der Waals surface area (Å²) < 4.78 is 1.81. The Bertz CT molecular complexity index is 408. The first-order valence-electron chi connectivity index (χ1n) is 3.97. The van der Waals surface area contributed by atoms with E-state index in [1.807, 2.05) is 29.8 Å². The molecule has 2 heterocycles. The Kier molecular flexibility index (Phi) is 3.45. The van der Waals surface area contributed by atoms with Crippen LogP contribution in [0.15, 0.2) is 18.3 Å². The minimum Gasteiger partial charge on any atom is -0.316 e. The van der Waals surface area contributed by atoms with E-state index in [2.05, 4.69) is 17.0 Å². The first-order valence-corrected chi connectivity index (χ1v) is 3.97. The molecule has 2 aromatic heterocycles. The van der Waals surface area contributed by atoms with Gasteiger partial charge in [-0.15, -0.1) is 6.07 Å². The molecule has 0 N–H and O–H groups in total. The summed E-state index contributed by atoms with van der Waals surface area (Å²) in [4.78, 5) is 4.25. The van der Waals surface area contributed by atoms with Crippen LogP contribution in [0, 0.1) is 6.92 Å². The van der Waals surface area contributed by atoms with E-state index in [0.717, 1.165) is 23.5 Å². The predicted octanol–water partition coefficient (Wildman–Crippen LogP) is 1.47. The third-order valence-electron chi connectivity index (χ3n) is 1.83. The Hall–Kier alpha value is -0.406. The summed E-state index contributed by atoms with van der Waals surface area (Å²) in [6.07, 6.45) is 2.75. The summed E-state index contributed by atoms with van der Waals surface area (Å²) in [6, 6.07) is 3.90. The SMILES string of the molecule is [CH2-]c1nc(CC)nn2cccc12.[Y]. The van der Waals surface area contributed by atoms with Crippen LogP contribution in [-0.2, 0) is 39.1 Å². The van der Waals surface area contributed by atoms with Crippen molar-refractivity contribution in [2.75, 3.05) is 0 Å². The summed E-state index contributed by atoms with van der Waals surface area (Å²) in [6.45, 7) is 5.89. The fourth-order valence-corrected chi connectivity index (χ4v) is 1.20. The second kappa shape index (κ2) is 4.20. The van der Waals surface area contributed by atoms with Gasteiger partial charge in [-0.25, -0.2) is 6.92 Å². The van der Waals surface area contributed by atoms with E-state index in [4.69, 9.17) is 0 Å². The van der Waals surface area contributed by atoms with Crippen molar-refractivity contribution < 1.29 is 32.7 Å². The van der Waals surface area contributed by atoms with Gasteiger partial charge in [0.1, 0.15) is 5.82 Å². The number of hydrogen-bond acceptors (Lipinski definition) is 2. The smallest absolute Gasteiger partial charge is 0.144 e. The van der Waals surface area contributed by atoms with Gasteiger partial charge < -0.3 is 4.52 Å². The molecule has 0 bridgehead atoms. The van der Waals surface area contributed by atoms with E-state index in [1.165, 1.54) is 0 Å². The zero-order chi connectivity index (χ0) is 8.55. The number of aromatic nitrogens is 3. The normalized spacial score (nSPS) is 9.92. The van der Waals surface area contributed by atoms with Gasteiger partial charge in [0, 0.05) is 45.3 Å². The van der Waals surface area contributed by atoms with Crippen molar-refractivity contribution in [2.45, 2.75) is 13.3 Å². The Balaban J connectivity index is 0.000000845. The summed E-state index contributed by atoms with van der Waals surface area (Å²) in [5.41, 5.74) is 1.78. The van der Waals surface area contributed by atoms with Crippen molar-refractivity contribution in [3.8, 4) is 0 Å². The van der Waals surface area contributed by atoms with Gasteiger partial charge in [0.25, 0.3) is 0 Å². The number of hydrogen-bond donors (Lipinski definition) is 0. The van der Waals surface area contributed by atoms with Gasteiger partial charge in [-0.1, -0.05) is 24.2 Å². The van der Waals surface area contributed by atoms with Crippen LogP contribution in [0.25, 0.3) is 5.52 Å². The number of nitrogens with zero attached hydrogens (tertiary/aromatic N) is 3. The molecule has 0 fully saturated rings. The standard InChI is InChI=1S/C9H10N3.Y/c1-3-9-10-7(2)8-5-4-6-12(8)11-9;/h4-6H,2-3H2,1H3;/q-1;. The third kappa shape index (κ3) is 1.92. The van der Waals surface area contributed by atoms with E-state index in [-0.39, 0.29) is 32.7 Å². The average Bonchev–Trinajstić information content (AvgIpc) is 2.52. The summed E-state index contributed by atoms with van der Waals surface area (Å²) in [5, 5.41) is 4.28. The minimum absolute atomic E-state index is 0. The van der Waals surface area contributed by atoms with Gasteiger partial charge in [0.15, 0.2) is 0 Å². The fraction of sp³-hybridized carbons (Fsp3) is 0.222. The Morgan fingerprint density at radius 1 is 1.54 bits per heavy atom. The molecule has 3 nitrogen and oxygen atoms in total. The molecule has 65 valence electrons. The first kappa shape index (κ1) is 10.7. The number of aryl methyl sites for hydroxylation is 1. The monoisotopic (exact) mass is 249 g/mol. The van der Waals surface area contributed by atoms with E-state index >= 15 is 0 Å². The molecule has 0 unspecified atom stereocenters. The van der Waals surface area contributed by atoms with Crippen LogP contribution >= 0.6 is 0 Å². The van der Waals surface area contributed by atoms with Gasteiger partial charge >= 0.3 is 0 Å². The van der Waals surface area contributed by atoms with E-state index < -0.39 is 0 Å². The first-order chi connectivity index (χ1) is 5.81. The molecule has 2 aromatic rings. The molecule has 0 aliphatic heterocycles. The molecule has 0 spiro atoms. The molecule has 13 heavy (non-hydrogen) atoms. The van der Waals surface area contributed by atoms with Crippen LogP contribution in [0.5, 0.6) is 0 Å². The van der Waals surface area contributed by atoms with Gasteiger partial charge in [-0.2, -0.15) is 5.10 Å². The molecule has 0 amide bonds. The molecule has 1 radical (unpaired) electrons. The van der Waals surface area contributed by atoms with E-state index in [1.54, 1.807) is 0 Å². The van der Waals surface area contributed by atoms with Crippen molar-refractivity contribution in [3.63, 3.8) is 0 Å². The van der Waals surface area contributed by atoms with Crippen molar-refractivity contribution in [1.29, 1.82) is 0 Å². The van der Waals surface area contributed by atoms with E-state index in [9.17, 15) is 0 Å². The third-order valence-corrected chi connectivity index (χ3v) is 1.83. The maximum Gasteiger partial charge on any atom is 0.144 e. The molecule has 0 aliphatic carbocycles. The quantitative estimate of drug-likeness (QED) is 0.716. The second-order valence-electron chi connectivity index (χ2n) is 2.67. The summed E-state index contributed by atoms with van der Waals surface area (Å²) in [7, 11) is 0. The zero-order valence-corrected chi connectivity index (χ0v) is 10.4. The van der Waals surface area contributed by atoms with Crippen molar-refractivity contribution in [1.82, 2.24) is 14.6 Å². The Morgan fingerprint density at radius 3 is 3.00 bits per heavy atom. The Labute approximate surface area is 102 Å². The molecular formula is C9H10N3Y-. The van der Waals surface area contributed by atoms with Crippen molar-refractivity contribution in [3.05, 3.63) is 36.8 Å². The maximum atomic E-state index is 4.28. The van der Waals surface area contributed by atoms with Crippen LogP contribution in [0.3, 0.4) is 0 Å². The fourth-order valence-electron chi connectivity index (χ4n) is 1.20. The second-order valence-corrected chi connectivity index (χ2v) is 2.67. The molecule has 0 saturated carbocycles. The van der Waals surface area contributed by atoms with Crippen molar-refractivity contribution in [2.24, 2.45) is 0 Å². The Morgan fingerprint density at radius 2 is 2.31 bits per heavy atom. The van der Waals surface area contributed by atoms with Gasteiger partial charge in [0.2, 0.25) is 0 Å². The van der Waals surface area contributed by atoms with Crippen LogP contribution in [-0.4, -0.2) is 14.6 Å². The van der Waals surface area contributed by atoms with Crippen LogP contribution in [0.4, 0.5) is 0 Å². The van der Waals surface area contributed by atoms with Crippen LogP contribution in [0.2, 0.25) is 0 Å². The molecule has 0 aliphatic rings. The molecule has 0 saturated heterocycles. The molecule has 2 rings (SSSR count). The van der Waals surface area contributed by atoms with Gasteiger partial charge in [-0.3, -0.25) is 4.98 Å². The summed E-state index contributed by atoms with van der Waals surface area (Å²) in [5.74, 6) is 0.837. The van der Waals surface area contributed by atoms with Crippen molar-refractivity contribution >= 4 is 5.52 Å². The topological polar surface area (TPSA) is 30.2 Å². The predicted molar refractivity (Wildman–Crippen MR) is 46.8 cm³/mol. The van der Waals surface area contributed by atoms with Gasteiger partial charge in [-0.05, 0) is 0 Å². The molecule has 4 heteroatoms. The largest absolute Gasteiger partial charge is 0.316 e. The zero-order valence-electron chi connectivity index (χ0n) is 7.57. The molecule has 0 atom stereocenters. The van der Waals surface area contributed by atoms with Crippen LogP contribution in [0.1, 0.15) is 18.4 Å². The van der Waals surface area contributed by atoms with E-state index in [0.29, 0.717) is 0 Å². The average molecular weight is 249 g/mol. The van der Waals surface area contributed by atoms with Crippen LogP contribution < -0.4 is 0 Å². The maximum absolute atomic E-state index is 4.28. The number of fused-ring (bicyclic) bond motifs is 1. The van der Waals surface area contributed by atoms with Gasteiger partial charge in [0.05, 0.1) is 0 Å². The molecular weight excluding hydrogens is 239 g/mol.